The topological polar surface area (TPSA) is 65.8 Å². The number of hydrogen-bond donors (Lipinski definition) is 1. The lowest BCUT2D eigenvalue weighted by Gasteiger charge is -2.44. The first-order valence-corrected chi connectivity index (χ1v) is 10.0. The number of hydrogen-bond acceptors (Lipinski definition) is 4. The average molecular weight is 359 g/mol. The van der Waals surface area contributed by atoms with Gasteiger partial charge in [-0.1, -0.05) is 6.42 Å². The van der Waals surface area contributed by atoms with Crippen LogP contribution in [0.1, 0.15) is 44.3 Å². The van der Waals surface area contributed by atoms with E-state index in [0.29, 0.717) is 31.5 Å². The first-order valence-electron chi connectivity index (χ1n) is 10.0. The molecule has 0 radical (unpaired) electrons. The summed E-state index contributed by atoms with van der Waals surface area (Å²) >= 11 is 0. The number of carbonyl (C=O) groups is 2. The van der Waals surface area contributed by atoms with E-state index in [-0.39, 0.29) is 17.7 Å². The summed E-state index contributed by atoms with van der Waals surface area (Å²) < 4.78 is 5.32. The maximum atomic E-state index is 12.6. The molecule has 0 spiro atoms. The van der Waals surface area contributed by atoms with Gasteiger partial charge in [0.25, 0.3) is 0 Å². The predicted octanol–water partition coefficient (Wildman–Crippen LogP) is 2.01. The molecule has 142 valence electrons. The zero-order chi connectivity index (χ0) is 17.9. The highest BCUT2D eigenvalue weighted by Gasteiger charge is 2.36. The fourth-order valence-corrected chi connectivity index (χ4v) is 4.88. The van der Waals surface area contributed by atoms with Gasteiger partial charge in [0.2, 0.25) is 11.8 Å². The molecule has 1 aromatic rings. The van der Waals surface area contributed by atoms with Crippen molar-refractivity contribution in [3.8, 4) is 0 Å². The molecule has 3 aliphatic rings. The Hall–Kier alpha value is -1.82. The van der Waals surface area contributed by atoms with Crippen LogP contribution in [0.15, 0.2) is 22.8 Å². The first kappa shape index (κ1) is 17.6. The second kappa shape index (κ2) is 7.82. The van der Waals surface area contributed by atoms with Crippen LogP contribution in [-0.2, 0) is 16.1 Å². The van der Waals surface area contributed by atoms with Gasteiger partial charge in [-0.25, -0.2) is 0 Å². The largest absolute Gasteiger partial charge is 0.467 e. The van der Waals surface area contributed by atoms with Gasteiger partial charge in [-0.2, -0.15) is 0 Å². The van der Waals surface area contributed by atoms with Crippen molar-refractivity contribution in [2.45, 2.75) is 51.1 Å². The van der Waals surface area contributed by atoms with Gasteiger partial charge >= 0.3 is 0 Å². The van der Waals surface area contributed by atoms with E-state index >= 15 is 0 Å². The summed E-state index contributed by atoms with van der Waals surface area (Å²) in [5, 5.41) is 3.16. The summed E-state index contributed by atoms with van der Waals surface area (Å²) in [6.45, 7) is 4.13. The molecule has 1 unspecified atom stereocenters. The predicted molar refractivity (Wildman–Crippen MR) is 97.2 cm³/mol. The van der Waals surface area contributed by atoms with Crippen molar-refractivity contribution >= 4 is 11.8 Å². The minimum absolute atomic E-state index is 0.0354. The minimum atomic E-state index is -0.233. The molecule has 0 bridgehead atoms. The van der Waals surface area contributed by atoms with Crippen LogP contribution in [0.5, 0.6) is 0 Å². The van der Waals surface area contributed by atoms with E-state index in [4.69, 9.17) is 4.42 Å². The van der Waals surface area contributed by atoms with Gasteiger partial charge in [-0.05, 0) is 56.8 Å². The molecule has 26 heavy (non-hydrogen) atoms. The zero-order valence-electron chi connectivity index (χ0n) is 15.4. The Labute approximate surface area is 154 Å². The monoisotopic (exact) mass is 359 g/mol. The van der Waals surface area contributed by atoms with E-state index in [9.17, 15) is 9.59 Å². The van der Waals surface area contributed by atoms with Crippen molar-refractivity contribution < 1.29 is 14.0 Å². The summed E-state index contributed by atoms with van der Waals surface area (Å²) in [6, 6.07) is 4.32. The first-order chi connectivity index (χ1) is 12.7. The summed E-state index contributed by atoms with van der Waals surface area (Å²) in [7, 11) is 0. The molecule has 6 nitrogen and oxygen atoms in total. The van der Waals surface area contributed by atoms with E-state index in [2.05, 4.69) is 10.2 Å². The Morgan fingerprint density at radius 2 is 2.12 bits per heavy atom. The maximum Gasteiger partial charge on any atom is 0.225 e. The SMILES string of the molecule is O=C(NC[C@@H]1CCCN2CCCC[C@H]12)C1CC(=O)N(Cc2ccco2)C1. The third kappa shape index (κ3) is 3.80. The number of amides is 2. The number of fused-ring (bicyclic) bond motifs is 1. The summed E-state index contributed by atoms with van der Waals surface area (Å²) in [4.78, 5) is 29.2. The van der Waals surface area contributed by atoms with E-state index < -0.39 is 0 Å². The molecule has 0 saturated carbocycles. The maximum absolute atomic E-state index is 12.6. The van der Waals surface area contributed by atoms with E-state index in [1.165, 1.54) is 45.2 Å². The quantitative estimate of drug-likeness (QED) is 0.873. The molecule has 1 aromatic heterocycles. The Morgan fingerprint density at radius 1 is 1.23 bits per heavy atom. The fraction of sp³-hybridized carbons (Fsp3) is 0.700. The molecule has 6 heteroatoms. The van der Waals surface area contributed by atoms with E-state index in [0.717, 1.165) is 12.3 Å². The average Bonchev–Trinajstić information content (AvgIpc) is 3.30. The molecule has 3 atom stereocenters. The van der Waals surface area contributed by atoms with Gasteiger partial charge < -0.3 is 19.5 Å². The van der Waals surface area contributed by atoms with E-state index in [1.54, 1.807) is 11.2 Å². The molecule has 2 amide bonds. The molecule has 0 aromatic carbocycles. The van der Waals surface area contributed by atoms with Crippen LogP contribution in [-0.4, -0.2) is 53.8 Å². The van der Waals surface area contributed by atoms with Gasteiger partial charge in [0, 0.05) is 25.6 Å². The molecule has 1 N–H and O–H groups in total. The highest BCUT2D eigenvalue weighted by molar-refractivity contribution is 5.89. The normalized spacial score (nSPS) is 29.6. The van der Waals surface area contributed by atoms with Crippen molar-refractivity contribution in [1.29, 1.82) is 0 Å². The van der Waals surface area contributed by atoms with Gasteiger partial charge in [0.15, 0.2) is 0 Å². The second-order valence-corrected chi connectivity index (χ2v) is 8.00. The standard InChI is InChI=1S/C20H29N3O3/c24-19-11-16(13-23(19)14-17-6-4-10-26-17)20(25)21-12-15-5-3-9-22-8-2-1-7-18(15)22/h4,6,10,15-16,18H,1-3,5,7-9,11-14H2,(H,21,25)/t15-,16?,18+/m0/s1. The molecule has 4 rings (SSSR count). The lowest BCUT2D eigenvalue weighted by atomic mass is 9.83. The van der Waals surface area contributed by atoms with Crippen molar-refractivity contribution in [3.63, 3.8) is 0 Å². The lowest BCUT2D eigenvalue weighted by molar-refractivity contribution is -0.129. The smallest absolute Gasteiger partial charge is 0.225 e. The van der Waals surface area contributed by atoms with Crippen molar-refractivity contribution in [2.75, 3.05) is 26.2 Å². The number of carbonyl (C=O) groups excluding carboxylic acids is 2. The number of furan rings is 1. The van der Waals surface area contributed by atoms with Gasteiger partial charge in [-0.3, -0.25) is 9.59 Å². The zero-order valence-corrected chi connectivity index (χ0v) is 15.4. The van der Waals surface area contributed by atoms with Crippen LogP contribution in [0.3, 0.4) is 0 Å². The Balaban J connectivity index is 1.27. The van der Waals surface area contributed by atoms with Gasteiger partial charge in [0.1, 0.15) is 5.76 Å². The van der Waals surface area contributed by atoms with Crippen LogP contribution in [0, 0.1) is 11.8 Å². The van der Waals surface area contributed by atoms with Crippen molar-refractivity contribution in [3.05, 3.63) is 24.2 Å². The van der Waals surface area contributed by atoms with Crippen molar-refractivity contribution in [1.82, 2.24) is 15.1 Å². The molecule has 3 aliphatic heterocycles. The second-order valence-electron chi connectivity index (χ2n) is 8.00. The molecule has 0 aliphatic carbocycles. The summed E-state index contributed by atoms with van der Waals surface area (Å²) in [5.41, 5.74) is 0. The number of nitrogens with one attached hydrogen (secondary N) is 1. The van der Waals surface area contributed by atoms with Crippen LogP contribution in [0.25, 0.3) is 0 Å². The fourth-order valence-electron chi connectivity index (χ4n) is 4.88. The van der Waals surface area contributed by atoms with Gasteiger partial charge in [0.05, 0.1) is 18.7 Å². The molecular weight excluding hydrogens is 330 g/mol. The summed E-state index contributed by atoms with van der Waals surface area (Å²) in [5.74, 6) is 1.16. The highest BCUT2D eigenvalue weighted by Crippen LogP contribution is 2.30. The molecule has 3 saturated heterocycles. The Bertz CT molecular complexity index is 628. The number of piperidine rings is 2. The van der Waals surface area contributed by atoms with Crippen LogP contribution in [0.4, 0.5) is 0 Å². The third-order valence-electron chi connectivity index (χ3n) is 6.28. The minimum Gasteiger partial charge on any atom is -0.467 e. The summed E-state index contributed by atoms with van der Waals surface area (Å²) in [6.07, 6.45) is 8.24. The van der Waals surface area contributed by atoms with Crippen LogP contribution in [0.2, 0.25) is 0 Å². The third-order valence-corrected chi connectivity index (χ3v) is 6.28. The number of nitrogens with zero attached hydrogens (tertiary/aromatic N) is 2. The molecule has 4 heterocycles. The number of likely N-dealkylation sites (tertiary alicyclic amines) is 1. The molecular formula is C20H29N3O3. The lowest BCUT2D eigenvalue weighted by Crippen LogP contribution is -2.51. The molecule has 3 fully saturated rings. The Kier molecular flexibility index (Phi) is 5.29. The van der Waals surface area contributed by atoms with Crippen LogP contribution < -0.4 is 5.32 Å². The highest BCUT2D eigenvalue weighted by atomic mass is 16.3. The Morgan fingerprint density at radius 3 is 2.96 bits per heavy atom. The van der Waals surface area contributed by atoms with Crippen LogP contribution >= 0.6 is 0 Å². The van der Waals surface area contributed by atoms with Crippen molar-refractivity contribution in [2.24, 2.45) is 11.8 Å². The van der Waals surface area contributed by atoms with Gasteiger partial charge in [-0.15, -0.1) is 0 Å². The van der Waals surface area contributed by atoms with E-state index in [1.807, 2.05) is 12.1 Å². The number of rotatable bonds is 5.